The highest BCUT2D eigenvalue weighted by atomic mass is 79.9. The highest BCUT2D eigenvalue weighted by molar-refractivity contribution is 9.10. The number of hydrogen-bond acceptors (Lipinski definition) is 5. The Hall–Kier alpha value is -2.67. The van der Waals surface area contributed by atoms with Crippen LogP contribution in [0.4, 0.5) is 6.01 Å². The van der Waals surface area contributed by atoms with Gasteiger partial charge in [0.05, 0.1) is 5.41 Å². The lowest BCUT2D eigenvalue weighted by Crippen LogP contribution is -2.45. The Morgan fingerprint density at radius 3 is 2.44 bits per heavy atom. The van der Waals surface area contributed by atoms with Crippen molar-refractivity contribution in [2.24, 2.45) is 0 Å². The Morgan fingerprint density at radius 1 is 1.04 bits per heavy atom. The lowest BCUT2D eigenvalue weighted by atomic mass is 9.78. The topological polar surface area (TPSA) is 80.0 Å². The number of rotatable bonds is 5. The van der Waals surface area contributed by atoms with E-state index in [4.69, 9.17) is 4.52 Å². The van der Waals surface area contributed by atoms with Crippen LogP contribution in [0.15, 0.2) is 63.6 Å². The van der Waals surface area contributed by atoms with Crippen molar-refractivity contribution in [3.63, 3.8) is 0 Å². The van der Waals surface area contributed by atoms with E-state index in [1.807, 2.05) is 54.6 Å². The summed E-state index contributed by atoms with van der Waals surface area (Å²) in [5.74, 6) is 0.387. The number of amides is 1. The van der Waals surface area contributed by atoms with Crippen LogP contribution in [0.3, 0.4) is 0 Å². The summed E-state index contributed by atoms with van der Waals surface area (Å²) in [7, 11) is 0. The van der Waals surface area contributed by atoms with Crippen molar-refractivity contribution in [2.75, 3.05) is 5.43 Å². The second-order valence-corrected chi connectivity index (χ2v) is 7.58. The zero-order chi connectivity index (χ0) is 18.7. The molecule has 1 saturated carbocycles. The van der Waals surface area contributed by atoms with Gasteiger partial charge in [-0.1, -0.05) is 76.4 Å². The highest BCUT2D eigenvalue weighted by Gasteiger charge is 2.42. The molecule has 4 rings (SSSR count). The molecule has 0 radical (unpaired) electrons. The van der Waals surface area contributed by atoms with Crippen molar-refractivity contribution in [1.82, 2.24) is 15.6 Å². The molecule has 2 N–H and O–H groups in total. The molecule has 1 amide bonds. The molecule has 6 nitrogen and oxygen atoms in total. The molecule has 7 heteroatoms. The maximum absolute atomic E-state index is 13.0. The van der Waals surface area contributed by atoms with E-state index in [0.29, 0.717) is 5.82 Å². The minimum absolute atomic E-state index is 0.0817. The molecule has 1 aliphatic rings. The Kier molecular flexibility index (Phi) is 4.94. The van der Waals surface area contributed by atoms with Gasteiger partial charge >= 0.3 is 6.01 Å². The van der Waals surface area contributed by atoms with E-state index in [-0.39, 0.29) is 11.9 Å². The summed E-state index contributed by atoms with van der Waals surface area (Å²) in [6.07, 6.45) is 3.70. The summed E-state index contributed by atoms with van der Waals surface area (Å²) in [5, 5.41) is 3.94. The molecule has 1 fully saturated rings. The number of carbonyl (C=O) groups excluding carboxylic acids is 1. The van der Waals surface area contributed by atoms with Gasteiger partial charge in [0, 0.05) is 10.0 Å². The predicted molar refractivity (Wildman–Crippen MR) is 106 cm³/mol. The highest BCUT2D eigenvalue weighted by Crippen LogP contribution is 2.41. The lowest BCUT2D eigenvalue weighted by molar-refractivity contribution is -0.126. The Bertz CT molecular complexity index is 919. The SMILES string of the molecule is O=C(NNc1nc(-c2ccccc2)no1)C1(c2ccc(Br)cc2)CCCC1. The molecule has 1 heterocycles. The predicted octanol–water partition coefficient (Wildman–Crippen LogP) is 4.45. The van der Waals surface area contributed by atoms with Crippen molar-refractivity contribution in [1.29, 1.82) is 0 Å². The number of carbonyl (C=O) groups is 1. The number of aromatic nitrogens is 2. The van der Waals surface area contributed by atoms with Gasteiger partial charge in [-0.05, 0) is 30.5 Å². The van der Waals surface area contributed by atoms with Gasteiger partial charge in [-0.15, -0.1) is 0 Å². The largest absolute Gasteiger partial charge is 0.340 e. The second kappa shape index (κ2) is 7.52. The molecule has 2 aromatic carbocycles. The van der Waals surface area contributed by atoms with Crippen LogP contribution in [0.2, 0.25) is 0 Å². The van der Waals surface area contributed by atoms with Gasteiger partial charge in [-0.25, -0.2) is 5.43 Å². The van der Waals surface area contributed by atoms with E-state index in [9.17, 15) is 4.79 Å². The van der Waals surface area contributed by atoms with E-state index in [1.165, 1.54) is 0 Å². The Balaban J connectivity index is 1.48. The molecule has 0 bridgehead atoms. The van der Waals surface area contributed by atoms with Crippen molar-refractivity contribution in [3.05, 3.63) is 64.6 Å². The van der Waals surface area contributed by atoms with Gasteiger partial charge < -0.3 is 4.52 Å². The molecule has 27 heavy (non-hydrogen) atoms. The summed E-state index contributed by atoms with van der Waals surface area (Å²) in [6.45, 7) is 0. The number of benzene rings is 2. The van der Waals surface area contributed by atoms with Gasteiger partial charge in [-0.2, -0.15) is 4.98 Å². The molecule has 1 aliphatic carbocycles. The molecule has 0 atom stereocenters. The van der Waals surface area contributed by atoms with Crippen LogP contribution in [0.25, 0.3) is 11.4 Å². The van der Waals surface area contributed by atoms with Crippen LogP contribution in [0.5, 0.6) is 0 Å². The third kappa shape index (κ3) is 3.60. The first-order chi connectivity index (χ1) is 13.2. The smallest absolute Gasteiger partial charge is 0.313 e. The minimum atomic E-state index is -0.532. The molecule has 0 unspecified atom stereocenters. The van der Waals surface area contributed by atoms with E-state index in [2.05, 4.69) is 36.9 Å². The van der Waals surface area contributed by atoms with Crippen molar-refractivity contribution < 1.29 is 9.32 Å². The molecule has 138 valence electrons. The van der Waals surface area contributed by atoms with Crippen LogP contribution in [0.1, 0.15) is 31.2 Å². The Labute approximate surface area is 165 Å². The first-order valence-corrected chi connectivity index (χ1v) is 9.68. The van der Waals surface area contributed by atoms with Gasteiger partial charge in [-0.3, -0.25) is 10.2 Å². The maximum Gasteiger partial charge on any atom is 0.340 e. The average molecular weight is 427 g/mol. The molecular weight excluding hydrogens is 408 g/mol. The number of halogens is 1. The summed E-state index contributed by atoms with van der Waals surface area (Å²) in [5.41, 5.74) is 6.87. The molecule has 3 aromatic rings. The second-order valence-electron chi connectivity index (χ2n) is 6.66. The van der Waals surface area contributed by atoms with Crippen LogP contribution < -0.4 is 10.9 Å². The van der Waals surface area contributed by atoms with Gasteiger partial charge in [0.2, 0.25) is 11.7 Å². The van der Waals surface area contributed by atoms with Crippen molar-refractivity contribution in [2.45, 2.75) is 31.1 Å². The third-order valence-corrected chi connectivity index (χ3v) is 5.56. The average Bonchev–Trinajstić information content (AvgIpc) is 3.38. The molecule has 0 spiro atoms. The monoisotopic (exact) mass is 426 g/mol. The summed E-state index contributed by atoms with van der Waals surface area (Å²) < 4.78 is 6.19. The van der Waals surface area contributed by atoms with Crippen LogP contribution in [-0.2, 0) is 10.2 Å². The number of hydrogen-bond donors (Lipinski definition) is 2. The fraction of sp³-hybridized carbons (Fsp3) is 0.250. The van der Waals surface area contributed by atoms with E-state index in [0.717, 1.165) is 41.3 Å². The van der Waals surface area contributed by atoms with E-state index in [1.54, 1.807) is 0 Å². The van der Waals surface area contributed by atoms with Gasteiger partial charge in [0.1, 0.15) is 0 Å². The van der Waals surface area contributed by atoms with Gasteiger partial charge in [0.25, 0.3) is 0 Å². The van der Waals surface area contributed by atoms with E-state index < -0.39 is 5.41 Å². The zero-order valence-electron chi connectivity index (χ0n) is 14.6. The molecular formula is C20H19BrN4O2. The normalized spacial score (nSPS) is 15.4. The Morgan fingerprint density at radius 2 is 1.74 bits per heavy atom. The fourth-order valence-corrected chi connectivity index (χ4v) is 3.87. The lowest BCUT2D eigenvalue weighted by Gasteiger charge is -2.28. The fourth-order valence-electron chi connectivity index (χ4n) is 3.60. The zero-order valence-corrected chi connectivity index (χ0v) is 16.2. The minimum Gasteiger partial charge on any atom is -0.313 e. The standard InChI is InChI=1S/C20H19BrN4O2/c21-16-10-8-15(9-11-16)20(12-4-5-13-20)18(26)23-24-19-22-17(25-27-19)14-6-2-1-3-7-14/h1-3,6-11H,4-5,12-13H2,(H,23,26)(H,22,24,25). The van der Waals surface area contributed by atoms with Crippen LogP contribution in [-0.4, -0.2) is 16.0 Å². The molecule has 0 aliphatic heterocycles. The number of nitrogens with zero attached hydrogens (tertiary/aromatic N) is 2. The summed E-state index contributed by atoms with van der Waals surface area (Å²) in [6, 6.07) is 17.6. The number of hydrazine groups is 1. The summed E-state index contributed by atoms with van der Waals surface area (Å²) in [4.78, 5) is 17.3. The number of nitrogens with one attached hydrogen (secondary N) is 2. The number of anilines is 1. The van der Waals surface area contributed by atoms with Crippen LogP contribution >= 0.6 is 15.9 Å². The molecule has 1 aromatic heterocycles. The van der Waals surface area contributed by atoms with Gasteiger partial charge in [0.15, 0.2) is 0 Å². The summed E-state index contributed by atoms with van der Waals surface area (Å²) >= 11 is 3.45. The van der Waals surface area contributed by atoms with Crippen molar-refractivity contribution >= 4 is 27.9 Å². The quantitative estimate of drug-likeness (QED) is 0.588. The third-order valence-electron chi connectivity index (χ3n) is 5.03. The first-order valence-electron chi connectivity index (χ1n) is 8.89. The van der Waals surface area contributed by atoms with Crippen molar-refractivity contribution in [3.8, 4) is 11.4 Å². The maximum atomic E-state index is 13.0. The first kappa shape index (κ1) is 17.7. The van der Waals surface area contributed by atoms with E-state index >= 15 is 0 Å². The van der Waals surface area contributed by atoms with Crippen LogP contribution in [0, 0.1) is 0 Å². The molecule has 0 saturated heterocycles.